The third-order valence-electron chi connectivity index (χ3n) is 4.26. The molecule has 3 N–H and O–H groups in total. The number of halogens is 2. The summed E-state index contributed by atoms with van der Waals surface area (Å²) in [7, 11) is 0. The van der Waals surface area contributed by atoms with Gasteiger partial charge >= 0.3 is 0 Å². The van der Waals surface area contributed by atoms with Crippen LogP contribution in [0.5, 0.6) is 17.2 Å². The standard InChI is InChI=1S/C20H18Cl2N2O4/c1-10(2)19-13(6-12-7-17(26)18(27)8-16(12)25)20(28)24(23-19)9-11-3-4-14(21)15(22)5-11/h3-8,10,25-27H,9H2,1-2H3. The molecule has 0 unspecified atom stereocenters. The van der Waals surface area contributed by atoms with Crippen molar-refractivity contribution in [2.24, 2.45) is 11.0 Å². The third-order valence-corrected chi connectivity index (χ3v) is 5.00. The van der Waals surface area contributed by atoms with Gasteiger partial charge in [-0.05, 0) is 35.8 Å². The van der Waals surface area contributed by atoms with Crippen LogP contribution in [-0.2, 0) is 11.3 Å². The molecule has 6 nitrogen and oxygen atoms in total. The first-order valence-electron chi connectivity index (χ1n) is 8.48. The second-order valence-electron chi connectivity index (χ2n) is 6.71. The Balaban J connectivity index is 1.97. The number of hydrogen-bond acceptors (Lipinski definition) is 5. The Labute approximate surface area is 171 Å². The third kappa shape index (κ3) is 3.93. The number of phenolic OH excluding ortho intramolecular Hbond substituents is 3. The number of carbonyl (C=O) groups is 1. The molecule has 0 saturated carbocycles. The number of benzene rings is 2. The van der Waals surface area contributed by atoms with Gasteiger partial charge in [-0.3, -0.25) is 4.79 Å². The average Bonchev–Trinajstić information content (AvgIpc) is 2.92. The number of aromatic hydroxyl groups is 3. The summed E-state index contributed by atoms with van der Waals surface area (Å²) in [5, 5.41) is 35.8. The quantitative estimate of drug-likeness (QED) is 0.384. The minimum atomic E-state index is -0.448. The monoisotopic (exact) mass is 420 g/mol. The lowest BCUT2D eigenvalue weighted by molar-refractivity contribution is -0.126. The second kappa shape index (κ2) is 7.73. The molecule has 0 spiro atoms. The van der Waals surface area contributed by atoms with Crippen LogP contribution in [0.3, 0.4) is 0 Å². The van der Waals surface area contributed by atoms with Gasteiger partial charge in [0.05, 0.1) is 27.9 Å². The number of hydrogen-bond donors (Lipinski definition) is 3. The SMILES string of the molecule is CC(C)C1=NN(Cc2ccc(Cl)c(Cl)c2)C(=O)C1=Cc1cc(O)c(O)cc1O. The van der Waals surface area contributed by atoms with E-state index in [0.29, 0.717) is 21.3 Å². The molecule has 0 aliphatic carbocycles. The fraction of sp³-hybridized carbons (Fsp3) is 0.200. The molecule has 0 saturated heterocycles. The van der Waals surface area contributed by atoms with Crippen molar-refractivity contribution < 1.29 is 20.1 Å². The molecule has 1 amide bonds. The highest BCUT2D eigenvalue weighted by molar-refractivity contribution is 6.42. The normalized spacial score (nSPS) is 15.6. The molecular formula is C20H18Cl2N2O4. The van der Waals surface area contributed by atoms with Crippen LogP contribution < -0.4 is 0 Å². The van der Waals surface area contributed by atoms with Gasteiger partial charge in [0.1, 0.15) is 5.75 Å². The summed E-state index contributed by atoms with van der Waals surface area (Å²) in [6, 6.07) is 7.29. The van der Waals surface area contributed by atoms with E-state index in [1.807, 2.05) is 13.8 Å². The van der Waals surface area contributed by atoms with Crippen LogP contribution in [0.1, 0.15) is 25.0 Å². The van der Waals surface area contributed by atoms with Crippen molar-refractivity contribution in [3.63, 3.8) is 0 Å². The Bertz CT molecular complexity index is 1020. The molecule has 1 aliphatic rings. The summed E-state index contributed by atoms with van der Waals surface area (Å²) >= 11 is 12.0. The van der Waals surface area contributed by atoms with E-state index >= 15 is 0 Å². The van der Waals surface area contributed by atoms with Crippen LogP contribution in [0.15, 0.2) is 41.0 Å². The van der Waals surface area contributed by atoms with Crippen molar-refractivity contribution in [1.29, 1.82) is 0 Å². The molecule has 0 radical (unpaired) electrons. The van der Waals surface area contributed by atoms with Crippen molar-refractivity contribution in [2.75, 3.05) is 0 Å². The first-order chi connectivity index (χ1) is 13.2. The summed E-state index contributed by atoms with van der Waals surface area (Å²) in [5.74, 6) is -1.51. The van der Waals surface area contributed by atoms with E-state index in [-0.39, 0.29) is 29.7 Å². The molecule has 3 rings (SSSR count). The van der Waals surface area contributed by atoms with Crippen LogP contribution in [0.25, 0.3) is 6.08 Å². The minimum Gasteiger partial charge on any atom is -0.507 e. The molecule has 0 bridgehead atoms. The molecule has 0 atom stereocenters. The molecule has 8 heteroatoms. The van der Waals surface area contributed by atoms with Crippen molar-refractivity contribution in [2.45, 2.75) is 20.4 Å². The largest absolute Gasteiger partial charge is 0.507 e. The lowest BCUT2D eigenvalue weighted by Gasteiger charge is -2.12. The Morgan fingerprint density at radius 2 is 1.71 bits per heavy atom. The summed E-state index contributed by atoms with van der Waals surface area (Å²) < 4.78 is 0. The topological polar surface area (TPSA) is 93.4 Å². The number of carbonyl (C=O) groups excluding carboxylic acids is 1. The predicted octanol–water partition coefficient (Wildman–Crippen LogP) is 4.55. The summed E-state index contributed by atoms with van der Waals surface area (Å²) in [6.07, 6.45) is 1.45. The molecule has 2 aromatic carbocycles. The molecule has 28 heavy (non-hydrogen) atoms. The first kappa shape index (κ1) is 20.0. The maximum atomic E-state index is 12.9. The highest BCUT2D eigenvalue weighted by Gasteiger charge is 2.32. The Morgan fingerprint density at radius 1 is 1.04 bits per heavy atom. The van der Waals surface area contributed by atoms with Gasteiger partial charge in [-0.15, -0.1) is 0 Å². The van der Waals surface area contributed by atoms with Gasteiger partial charge in [-0.2, -0.15) is 5.10 Å². The van der Waals surface area contributed by atoms with Gasteiger partial charge in [-0.25, -0.2) is 5.01 Å². The minimum absolute atomic E-state index is 0.0538. The Morgan fingerprint density at radius 3 is 2.36 bits per heavy atom. The van der Waals surface area contributed by atoms with E-state index in [1.54, 1.807) is 18.2 Å². The van der Waals surface area contributed by atoms with E-state index in [9.17, 15) is 20.1 Å². The molecule has 0 fully saturated rings. The number of nitrogens with zero attached hydrogens (tertiary/aromatic N) is 2. The first-order valence-corrected chi connectivity index (χ1v) is 9.24. The summed E-state index contributed by atoms with van der Waals surface area (Å²) in [4.78, 5) is 12.9. The number of phenols is 3. The summed E-state index contributed by atoms with van der Waals surface area (Å²) in [6.45, 7) is 4.00. The summed E-state index contributed by atoms with van der Waals surface area (Å²) in [5.41, 5.74) is 1.82. The maximum Gasteiger partial charge on any atom is 0.276 e. The predicted molar refractivity (Wildman–Crippen MR) is 109 cm³/mol. The number of hydrazone groups is 1. The highest BCUT2D eigenvalue weighted by Crippen LogP contribution is 2.35. The van der Waals surface area contributed by atoms with Crippen LogP contribution in [-0.4, -0.2) is 31.9 Å². The van der Waals surface area contributed by atoms with Gasteiger partial charge in [-0.1, -0.05) is 43.1 Å². The van der Waals surface area contributed by atoms with Crippen LogP contribution in [0.4, 0.5) is 0 Å². The van der Waals surface area contributed by atoms with Crippen molar-refractivity contribution >= 4 is 40.9 Å². The number of amides is 1. The van der Waals surface area contributed by atoms with Crippen molar-refractivity contribution in [3.05, 3.63) is 57.1 Å². The molecule has 2 aromatic rings. The zero-order valence-electron chi connectivity index (χ0n) is 15.1. The zero-order valence-corrected chi connectivity index (χ0v) is 16.7. The van der Waals surface area contributed by atoms with E-state index in [1.165, 1.54) is 17.2 Å². The van der Waals surface area contributed by atoms with Crippen LogP contribution in [0, 0.1) is 5.92 Å². The molecular weight excluding hydrogens is 403 g/mol. The maximum absolute atomic E-state index is 12.9. The highest BCUT2D eigenvalue weighted by atomic mass is 35.5. The zero-order chi connectivity index (χ0) is 20.6. The van der Waals surface area contributed by atoms with Gasteiger partial charge in [0.15, 0.2) is 11.5 Å². The van der Waals surface area contributed by atoms with Gasteiger partial charge in [0, 0.05) is 11.6 Å². The van der Waals surface area contributed by atoms with E-state index in [0.717, 1.165) is 11.6 Å². The van der Waals surface area contributed by atoms with E-state index in [2.05, 4.69) is 5.10 Å². The van der Waals surface area contributed by atoms with Gasteiger partial charge < -0.3 is 15.3 Å². The lowest BCUT2D eigenvalue weighted by Crippen LogP contribution is -2.22. The fourth-order valence-corrected chi connectivity index (χ4v) is 3.13. The molecule has 0 aromatic heterocycles. The Hall–Kier alpha value is -2.70. The number of rotatable bonds is 4. The lowest BCUT2D eigenvalue weighted by atomic mass is 9.97. The molecule has 146 valence electrons. The molecule has 1 heterocycles. The molecule has 1 aliphatic heterocycles. The van der Waals surface area contributed by atoms with Crippen LogP contribution >= 0.6 is 23.2 Å². The van der Waals surface area contributed by atoms with E-state index in [4.69, 9.17) is 23.2 Å². The van der Waals surface area contributed by atoms with Crippen molar-refractivity contribution in [3.8, 4) is 17.2 Å². The smallest absolute Gasteiger partial charge is 0.276 e. The van der Waals surface area contributed by atoms with E-state index < -0.39 is 11.5 Å². The van der Waals surface area contributed by atoms with Gasteiger partial charge in [0.2, 0.25) is 0 Å². The van der Waals surface area contributed by atoms with Gasteiger partial charge in [0.25, 0.3) is 5.91 Å². The van der Waals surface area contributed by atoms with Crippen LogP contribution in [0.2, 0.25) is 10.0 Å². The second-order valence-corrected chi connectivity index (χ2v) is 7.52. The average molecular weight is 421 g/mol. The Kier molecular flexibility index (Phi) is 5.54. The fourth-order valence-electron chi connectivity index (χ4n) is 2.81. The van der Waals surface area contributed by atoms with Crippen molar-refractivity contribution in [1.82, 2.24) is 5.01 Å².